The van der Waals surface area contributed by atoms with Crippen LogP contribution in [0.25, 0.3) is 0 Å². The minimum absolute atomic E-state index is 0.218. The van der Waals surface area contributed by atoms with Crippen molar-refractivity contribution in [2.45, 2.75) is 33.4 Å². The van der Waals surface area contributed by atoms with Gasteiger partial charge in [-0.05, 0) is 56.3 Å². The van der Waals surface area contributed by atoms with Crippen LogP contribution in [0.3, 0.4) is 0 Å². The largest absolute Gasteiger partial charge is 0.468 e. The molecule has 0 bridgehead atoms. The summed E-state index contributed by atoms with van der Waals surface area (Å²) < 4.78 is 4.50. The first-order valence-corrected chi connectivity index (χ1v) is 9.93. The molecule has 0 heterocycles. The lowest BCUT2D eigenvalue weighted by molar-refractivity contribution is -0.139. The maximum atomic E-state index is 12.6. The first-order chi connectivity index (χ1) is 14.3. The summed E-state index contributed by atoms with van der Waals surface area (Å²) in [6.07, 6.45) is 0. The Hall–Kier alpha value is -3.19. The van der Waals surface area contributed by atoms with Gasteiger partial charge < -0.3 is 15.4 Å². The Bertz CT molecular complexity index is 878. The molecule has 0 aliphatic carbocycles. The molecule has 0 saturated carbocycles. The molecular weight excluding hydrogens is 382 g/mol. The summed E-state index contributed by atoms with van der Waals surface area (Å²) in [6.45, 7) is 8.03. The van der Waals surface area contributed by atoms with Gasteiger partial charge in [-0.25, -0.2) is 0 Å². The quantitative estimate of drug-likeness (QED) is 0.619. The average molecular weight is 412 g/mol. The lowest BCUT2D eigenvalue weighted by Gasteiger charge is -2.24. The van der Waals surface area contributed by atoms with Crippen molar-refractivity contribution in [3.05, 3.63) is 65.2 Å². The molecule has 0 unspecified atom stereocenters. The summed E-state index contributed by atoms with van der Waals surface area (Å²) in [6, 6.07) is 14.5. The van der Waals surface area contributed by atoms with Gasteiger partial charge in [0.05, 0.1) is 7.11 Å². The van der Waals surface area contributed by atoms with Crippen molar-refractivity contribution in [1.82, 2.24) is 10.2 Å². The summed E-state index contributed by atoms with van der Waals surface area (Å²) in [7, 11) is 1.25. The van der Waals surface area contributed by atoms with Gasteiger partial charge >= 0.3 is 5.97 Å². The molecule has 0 aliphatic heterocycles. The highest BCUT2D eigenvalue weighted by molar-refractivity contribution is 6.05. The smallest absolute Gasteiger partial charge is 0.325 e. The third-order valence-corrected chi connectivity index (χ3v) is 4.74. The monoisotopic (exact) mass is 411 g/mol. The molecule has 0 radical (unpaired) electrons. The third kappa shape index (κ3) is 6.70. The summed E-state index contributed by atoms with van der Waals surface area (Å²) in [5.74, 6) is -1.22. The highest BCUT2D eigenvalue weighted by Gasteiger charge is 2.12. The van der Waals surface area contributed by atoms with Crippen LogP contribution in [0.5, 0.6) is 0 Å². The number of esters is 1. The number of nitrogens with one attached hydrogen (secondary N) is 2. The fourth-order valence-corrected chi connectivity index (χ4v) is 2.92. The molecule has 160 valence electrons. The maximum absolute atomic E-state index is 12.6. The number of benzene rings is 2. The standard InChI is InChI=1S/C23H29N3O4/c1-5-26(16(2)3)15-17-9-11-18(12-10-17)23(29)25-20-8-6-7-19(13-20)22(28)24-14-21(27)30-4/h6-13,16H,5,14-15H2,1-4H3,(H,24,28)(H,25,29). The van der Waals surface area contributed by atoms with E-state index in [0.29, 0.717) is 22.9 Å². The molecule has 7 nitrogen and oxygen atoms in total. The Morgan fingerprint density at radius 1 is 1.00 bits per heavy atom. The predicted molar refractivity (Wildman–Crippen MR) is 116 cm³/mol. The molecule has 2 aromatic rings. The summed E-state index contributed by atoms with van der Waals surface area (Å²) in [5.41, 5.74) is 2.51. The summed E-state index contributed by atoms with van der Waals surface area (Å²) >= 11 is 0. The fourth-order valence-electron chi connectivity index (χ4n) is 2.92. The van der Waals surface area contributed by atoms with Crippen LogP contribution < -0.4 is 10.6 Å². The van der Waals surface area contributed by atoms with Crippen molar-refractivity contribution < 1.29 is 19.1 Å². The van der Waals surface area contributed by atoms with E-state index in [1.165, 1.54) is 7.11 Å². The molecule has 0 aromatic heterocycles. The fraction of sp³-hybridized carbons (Fsp3) is 0.348. The van der Waals surface area contributed by atoms with E-state index in [4.69, 9.17) is 0 Å². The number of anilines is 1. The van der Waals surface area contributed by atoms with Gasteiger partial charge in [-0.15, -0.1) is 0 Å². The predicted octanol–water partition coefficient (Wildman–Crippen LogP) is 3.07. The molecule has 0 fully saturated rings. The van der Waals surface area contributed by atoms with Crippen molar-refractivity contribution in [2.75, 3.05) is 25.5 Å². The summed E-state index contributed by atoms with van der Waals surface area (Å²) in [4.78, 5) is 38.2. The second-order valence-electron chi connectivity index (χ2n) is 7.15. The molecule has 0 atom stereocenters. The van der Waals surface area contributed by atoms with E-state index >= 15 is 0 Å². The molecule has 2 N–H and O–H groups in total. The molecule has 2 amide bonds. The van der Waals surface area contributed by atoms with Crippen LogP contribution >= 0.6 is 0 Å². The second kappa shape index (κ2) is 11.1. The topological polar surface area (TPSA) is 87.7 Å². The van der Waals surface area contributed by atoms with E-state index in [1.807, 2.05) is 12.1 Å². The highest BCUT2D eigenvalue weighted by Crippen LogP contribution is 2.14. The lowest BCUT2D eigenvalue weighted by Crippen LogP contribution is -2.30. The first kappa shape index (κ1) is 23.1. The van der Waals surface area contributed by atoms with Gasteiger partial charge in [0.2, 0.25) is 0 Å². The average Bonchev–Trinajstić information content (AvgIpc) is 2.75. The van der Waals surface area contributed by atoms with E-state index < -0.39 is 11.9 Å². The Morgan fingerprint density at radius 2 is 1.70 bits per heavy atom. The van der Waals surface area contributed by atoms with Crippen LogP contribution in [0.1, 0.15) is 47.1 Å². The number of carbonyl (C=O) groups is 3. The van der Waals surface area contributed by atoms with Crippen molar-refractivity contribution in [1.29, 1.82) is 0 Å². The van der Waals surface area contributed by atoms with Gasteiger partial charge in [0.1, 0.15) is 6.54 Å². The Morgan fingerprint density at radius 3 is 2.30 bits per heavy atom. The van der Waals surface area contributed by atoms with Gasteiger partial charge in [-0.2, -0.15) is 0 Å². The number of nitrogens with zero attached hydrogens (tertiary/aromatic N) is 1. The Balaban J connectivity index is 2.00. The number of methoxy groups -OCH3 is 1. The molecule has 7 heteroatoms. The maximum Gasteiger partial charge on any atom is 0.325 e. The molecular formula is C23H29N3O4. The zero-order valence-corrected chi connectivity index (χ0v) is 17.9. The van der Waals surface area contributed by atoms with Crippen molar-refractivity contribution in [3.63, 3.8) is 0 Å². The zero-order valence-electron chi connectivity index (χ0n) is 17.9. The van der Waals surface area contributed by atoms with Gasteiger partial charge in [-0.3, -0.25) is 19.3 Å². The molecule has 2 rings (SSSR count). The van der Waals surface area contributed by atoms with E-state index in [2.05, 4.69) is 41.0 Å². The normalized spacial score (nSPS) is 10.7. The van der Waals surface area contributed by atoms with Crippen LogP contribution in [0.4, 0.5) is 5.69 Å². The second-order valence-corrected chi connectivity index (χ2v) is 7.15. The van der Waals surface area contributed by atoms with Crippen molar-refractivity contribution in [2.24, 2.45) is 0 Å². The SMILES string of the molecule is CCN(Cc1ccc(C(=O)Nc2cccc(C(=O)NCC(=O)OC)c2)cc1)C(C)C. The van der Waals surface area contributed by atoms with Crippen LogP contribution in [0.2, 0.25) is 0 Å². The lowest BCUT2D eigenvalue weighted by atomic mass is 10.1. The zero-order chi connectivity index (χ0) is 22.1. The van der Waals surface area contributed by atoms with E-state index in [-0.39, 0.29) is 12.5 Å². The van der Waals surface area contributed by atoms with Gasteiger partial charge in [0, 0.05) is 29.4 Å². The van der Waals surface area contributed by atoms with Crippen LogP contribution in [-0.2, 0) is 16.1 Å². The number of amides is 2. The number of hydrogen-bond donors (Lipinski definition) is 2. The Labute approximate surface area is 177 Å². The number of rotatable bonds is 9. The van der Waals surface area contributed by atoms with Gasteiger partial charge in [-0.1, -0.05) is 25.1 Å². The van der Waals surface area contributed by atoms with Gasteiger partial charge in [0.25, 0.3) is 11.8 Å². The number of hydrogen-bond acceptors (Lipinski definition) is 5. The summed E-state index contributed by atoms with van der Waals surface area (Å²) in [5, 5.41) is 5.26. The minimum atomic E-state index is -0.535. The van der Waals surface area contributed by atoms with Crippen LogP contribution in [0.15, 0.2) is 48.5 Å². The Kier molecular flexibility index (Phi) is 8.55. The molecule has 0 aliphatic rings. The third-order valence-electron chi connectivity index (χ3n) is 4.74. The van der Waals surface area contributed by atoms with Gasteiger partial charge in [0.15, 0.2) is 0 Å². The molecule has 30 heavy (non-hydrogen) atoms. The number of ether oxygens (including phenoxy) is 1. The van der Waals surface area contributed by atoms with Crippen molar-refractivity contribution in [3.8, 4) is 0 Å². The number of carbonyl (C=O) groups excluding carboxylic acids is 3. The first-order valence-electron chi connectivity index (χ1n) is 9.93. The highest BCUT2D eigenvalue weighted by atomic mass is 16.5. The molecule has 2 aromatic carbocycles. The van der Waals surface area contributed by atoms with E-state index in [9.17, 15) is 14.4 Å². The molecule has 0 saturated heterocycles. The van der Waals surface area contributed by atoms with Crippen molar-refractivity contribution >= 4 is 23.5 Å². The van der Waals surface area contributed by atoms with E-state index in [1.54, 1.807) is 36.4 Å². The molecule has 0 spiro atoms. The van der Waals surface area contributed by atoms with Crippen LogP contribution in [-0.4, -0.2) is 48.9 Å². The van der Waals surface area contributed by atoms with Crippen LogP contribution in [0, 0.1) is 0 Å². The minimum Gasteiger partial charge on any atom is -0.468 e. The van der Waals surface area contributed by atoms with E-state index in [0.717, 1.165) is 18.7 Å².